The Labute approximate surface area is 141 Å². The first-order valence-electron chi connectivity index (χ1n) is 7.70. The zero-order valence-corrected chi connectivity index (χ0v) is 14.2. The summed E-state index contributed by atoms with van der Waals surface area (Å²) in [7, 11) is 2.21. The van der Waals surface area contributed by atoms with E-state index in [2.05, 4.69) is 48.3 Å². The van der Waals surface area contributed by atoms with E-state index in [9.17, 15) is 0 Å². The van der Waals surface area contributed by atoms with Crippen molar-refractivity contribution in [1.29, 1.82) is 0 Å². The van der Waals surface area contributed by atoms with Crippen LogP contribution in [-0.2, 0) is 0 Å². The standard InChI is InChI=1S/C19H18ClNS/c1-21-10-8-13(9-11-21)19-15-4-2-3-5-17(15)22-18-7-6-14(20)12-16(18)19/h2-7,12H,8-11H2,1H3. The smallest absolute Gasteiger partial charge is 0.0412 e. The molecule has 0 aromatic heterocycles. The summed E-state index contributed by atoms with van der Waals surface area (Å²) in [6.07, 6.45) is 2.30. The van der Waals surface area contributed by atoms with Gasteiger partial charge in [0.15, 0.2) is 0 Å². The van der Waals surface area contributed by atoms with Crippen LogP contribution in [0, 0.1) is 0 Å². The van der Waals surface area contributed by atoms with Crippen LogP contribution in [0.25, 0.3) is 5.57 Å². The molecule has 0 spiro atoms. The number of rotatable bonds is 0. The molecule has 3 heteroatoms. The van der Waals surface area contributed by atoms with Gasteiger partial charge in [-0.1, -0.05) is 47.1 Å². The summed E-state index contributed by atoms with van der Waals surface area (Å²) in [5.74, 6) is 0. The van der Waals surface area contributed by atoms with Gasteiger partial charge in [0.25, 0.3) is 0 Å². The Balaban J connectivity index is 1.93. The molecule has 0 atom stereocenters. The molecule has 0 radical (unpaired) electrons. The van der Waals surface area contributed by atoms with Gasteiger partial charge in [-0.25, -0.2) is 0 Å². The summed E-state index contributed by atoms with van der Waals surface area (Å²) < 4.78 is 0. The molecule has 2 aliphatic heterocycles. The van der Waals surface area contributed by atoms with E-state index in [0.29, 0.717) is 0 Å². The zero-order valence-electron chi connectivity index (χ0n) is 12.6. The van der Waals surface area contributed by atoms with Crippen LogP contribution in [0.2, 0.25) is 5.02 Å². The molecule has 0 unspecified atom stereocenters. The van der Waals surface area contributed by atoms with Crippen LogP contribution >= 0.6 is 23.4 Å². The predicted molar refractivity (Wildman–Crippen MR) is 94.8 cm³/mol. The second-order valence-electron chi connectivity index (χ2n) is 6.02. The monoisotopic (exact) mass is 327 g/mol. The van der Waals surface area contributed by atoms with Crippen LogP contribution in [0.5, 0.6) is 0 Å². The molecule has 0 N–H and O–H groups in total. The Morgan fingerprint density at radius 2 is 1.68 bits per heavy atom. The van der Waals surface area contributed by atoms with Gasteiger partial charge in [-0.2, -0.15) is 0 Å². The number of hydrogen-bond donors (Lipinski definition) is 0. The molecule has 2 aliphatic rings. The second kappa shape index (κ2) is 5.77. The maximum Gasteiger partial charge on any atom is 0.0412 e. The molecule has 22 heavy (non-hydrogen) atoms. The quantitative estimate of drug-likeness (QED) is 0.549. The lowest BCUT2D eigenvalue weighted by atomic mass is 9.88. The van der Waals surface area contributed by atoms with Gasteiger partial charge in [0.05, 0.1) is 0 Å². The van der Waals surface area contributed by atoms with Gasteiger partial charge in [0, 0.05) is 27.9 Å². The summed E-state index contributed by atoms with van der Waals surface area (Å²) in [5, 5.41) is 0.824. The van der Waals surface area contributed by atoms with Crippen molar-refractivity contribution in [3.63, 3.8) is 0 Å². The molecule has 0 amide bonds. The van der Waals surface area contributed by atoms with Gasteiger partial charge < -0.3 is 4.90 Å². The fourth-order valence-corrected chi connectivity index (χ4v) is 4.57. The highest BCUT2D eigenvalue weighted by atomic mass is 35.5. The van der Waals surface area contributed by atoms with Crippen molar-refractivity contribution in [1.82, 2.24) is 4.90 Å². The molecular weight excluding hydrogens is 310 g/mol. The summed E-state index contributed by atoms with van der Waals surface area (Å²) in [6, 6.07) is 15.1. The van der Waals surface area contributed by atoms with E-state index in [0.717, 1.165) is 31.0 Å². The van der Waals surface area contributed by atoms with Crippen LogP contribution in [-0.4, -0.2) is 25.0 Å². The number of piperidine rings is 1. The van der Waals surface area contributed by atoms with Crippen molar-refractivity contribution in [2.45, 2.75) is 22.6 Å². The molecule has 1 saturated heterocycles. The van der Waals surface area contributed by atoms with E-state index in [1.165, 1.54) is 26.5 Å². The first-order valence-corrected chi connectivity index (χ1v) is 8.89. The predicted octanol–water partition coefficient (Wildman–Crippen LogP) is 5.33. The van der Waals surface area contributed by atoms with Crippen LogP contribution in [0.3, 0.4) is 0 Å². The molecule has 1 fully saturated rings. The summed E-state index contributed by atoms with van der Waals surface area (Å²) in [4.78, 5) is 5.09. The number of likely N-dealkylation sites (tertiary alicyclic amines) is 1. The van der Waals surface area contributed by atoms with E-state index < -0.39 is 0 Å². The topological polar surface area (TPSA) is 3.24 Å². The van der Waals surface area contributed by atoms with E-state index >= 15 is 0 Å². The van der Waals surface area contributed by atoms with Gasteiger partial charge in [-0.3, -0.25) is 0 Å². The van der Waals surface area contributed by atoms with Gasteiger partial charge in [0.1, 0.15) is 0 Å². The number of nitrogens with zero attached hydrogens (tertiary/aromatic N) is 1. The van der Waals surface area contributed by atoms with Crippen molar-refractivity contribution < 1.29 is 0 Å². The highest BCUT2D eigenvalue weighted by Crippen LogP contribution is 2.48. The lowest BCUT2D eigenvalue weighted by molar-refractivity contribution is 0.313. The van der Waals surface area contributed by atoms with Gasteiger partial charge in [-0.05, 0) is 60.9 Å². The normalized spacial score (nSPS) is 18.1. The SMILES string of the molecule is CN1CCC(=C2c3ccccc3Sc3ccc(Cl)cc32)CC1. The Morgan fingerprint density at radius 1 is 0.955 bits per heavy atom. The van der Waals surface area contributed by atoms with Crippen molar-refractivity contribution in [3.8, 4) is 0 Å². The van der Waals surface area contributed by atoms with Gasteiger partial charge >= 0.3 is 0 Å². The second-order valence-corrected chi connectivity index (χ2v) is 7.54. The summed E-state index contributed by atoms with van der Waals surface area (Å²) >= 11 is 8.15. The van der Waals surface area contributed by atoms with E-state index in [1.54, 1.807) is 5.57 Å². The highest BCUT2D eigenvalue weighted by Gasteiger charge is 2.25. The summed E-state index contributed by atoms with van der Waals surface area (Å²) in [5.41, 5.74) is 5.70. The fraction of sp³-hybridized carbons (Fsp3) is 0.263. The van der Waals surface area contributed by atoms with Crippen LogP contribution < -0.4 is 0 Å². The third-order valence-electron chi connectivity index (χ3n) is 4.53. The largest absolute Gasteiger partial charge is 0.306 e. The van der Waals surface area contributed by atoms with E-state index in [-0.39, 0.29) is 0 Å². The fourth-order valence-electron chi connectivity index (χ4n) is 3.33. The van der Waals surface area contributed by atoms with Crippen LogP contribution in [0.4, 0.5) is 0 Å². The molecule has 2 heterocycles. The molecule has 0 bridgehead atoms. The molecule has 0 saturated carbocycles. The number of fused-ring (bicyclic) bond motifs is 2. The lowest BCUT2D eigenvalue weighted by Gasteiger charge is -2.30. The Kier molecular flexibility index (Phi) is 3.77. The van der Waals surface area contributed by atoms with Crippen molar-refractivity contribution in [2.24, 2.45) is 0 Å². The van der Waals surface area contributed by atoms with Gasteiger partial charge in [-0.15, -0.1) is 0 Å². The average Bonchev–Trinajstić information content (AvgIpc) is 2.54. The molecule has 0 aliphatic carbocycles. The Bertz CT molecular complexity index is 756. The van der Waals surface area contributed by atoms with Crippen molar-refractivity contribution >= 4 is 28.9 Å². The lowest BCUT2D eigenvalue weighted by Crippen LogP contribution is -2.27. The van der Waals surface area contributed by atoms with Crippen molar-refractivity contribution in [2.75, 3.05) is 20.1 Å². The molecule has 2 aromatic rings. The number of benzene rings is 2. The molecule has 4 rings (SSSR count). The third kappa shape index (κ3) is 2.50. The maximum atomic E-state index is 6.29. The first kappa shape index (κ1) is 14.4. The first-order chi connectivity index (χ1) is 10.7. The molecule has 1 nitrogen and oxygen atoms in total. The number of halogens is 1. The summed E-state index contributed by atoms with van der Waals surface area (Å²) in [6.45, 7) is 2.29. The van der Waals surface area contributed by atoms with Crippen LogP contribution in [0.1, 0.15) is 24.0 Å². The van der Waals surface area contributed by atoms with Crippen molar-refractivity contribution in [3.05, 3.63) is 64.2 Å². The Morgan fingerprint density at radius 3 is 2.50 bits per heavy atom. The minimum atomic E-state index is 0.824. The molecule has 112 valence electrons. The molecule has 2 aromatic carbocycles. The number of hydrogen-bond acceptors (Lipinski definition) is 2. The van der Waals surface area contributed by atoms with Gasteiger partial charge in [0.2, 0.25) is 0 Å². The minimum Gasteiger partial charge on any atom is -0.306 e. The average molecular weight is 328 g/mol. The van der Waals surface area contributed by atoms with E-state index in [4.69, 9.17) is 11.6 Å². The minimum absolute atomic E-state index is 0.824. The Hall–Kier alpha value is -1.22. The van der Waals surface area contributed by atoms with Crippen LogP contribution in [0.15, 0.2) is 57.8 Å². The zero-order chi connectivity index (χ0) is 15.1. The maximum absolute atomic E-state index is 6.29. The van der Waals surface area contributed by atoms with E-state index in [1.807, 2.05) is 17.8 Å². The molecular formula is C19H18ClNS. The third-order valence-corrected chi connectivity index (χ3v) is 5.92. The highest BCUT2D eigenvalue weighted by molar-refractivity contribution is 7.99.